The molecule has 2 nitrogen and oxygen atoms in total. The van der Waals surface area contributed by atoms with E-state index >= 15 is 0 Å². The van der Waals surface area contributed by atoms with Gasteiger partial charge in [-0.3, -0.25) is 4.79 Å². The zero-order valence-electron chi connectivity index (χ0n) is 9.31. The van der Waals surface area contributed by atoms with Crippen molar-refractivity contribution in [1.29, 1.82) is 0 Å². The first-order valence-electron chi connectivity index (χ1n) is 5.20. The summed E-state index contributed by atoms with van der Waals surface area (Å²) in [6.45, 7) is 1.46. The van der Waals surface area contributed by atoms with Gasteiger partial charge in [-0.2, -0.15) is 0 Å². The Bertz CT molecular complexity index is 567. The van der Waals surface area contributed by atoms with Crippen molar-refractivity contribution in [2.24, 2.45) is 0 Å². The molecule has 2 rings (SSSR count). The minimum Gasteiger partial charge on any atom is -0.457 e. The molecule has 1 heterocycles. The van der Waals surface area contributed by atoms with Crippen molar-refractivity contribution < 1.29 is 13.6 Å². The first-order chi connectivity index (χ1) is 8.16. The molecule has 0 fully saturated rings. The number of ketones is 1. The highest BCUT2D eigenvalue weighted by Gasteiger charge is 2.07. The second-order valence-corrected chi connectivity index (χ2v) is 3.63. The highest BCUT2D eigenvalue weighted by atomic mass is 19.1. The molecule has 0 bridgehead atoms. The van der Waals surface area contributed by atoms with Gasteiger partial charge in [0.15, 0.2) is 5.78 Å². The predicted octanol–water partition coefficient (Wildman–Crippen LogP) is 3.69. The first-order valence-corrected chi connectivity index (χ1v) is 5.20. The molecule has 0 atom stereocenters. The normalized spacial score (nSPS) is 10.9. The highest BCUT2D eigenvalue weighted by Crippen LogP contribution is 2.25. The molecular weight excluding hydrogens is 219 g/mol. The summed E-state index contributed by atoms with van der Waals surface area (Å²) in [6.07, 6.45) is 2.97. The lowest BCUT2D eigenvalue weighted by molar-refractivity contribution is -0.112. The van der Waals surface area contributed by atoms with Gasteiger partial charge in [0.25, 0.3) is 0 Å². The SMILES string of the molecule is CC(=O)C=Cc1ccc(-c2ccccc2F)o1. The smallest absolute Gasteiger partial charge is 0.152 e. The fourth-order valence-corrected chi connectivity index (χ4v) is 1.45. The summed E-state index contributed by atoms with van der Waals surface area (Å²) in [4.78, 5) is 10.8. The van der Waals surface area contributed by atoms with Crippen LogP contribution in [0.4, 0.5) is 4.39 Å². The maximum Gasteiger partial charge on any atom is 0.152 e. The molecular formula is C14H11FO2. The van der Waals surface area contributed by atoms with E-state index in [9.17, 15) is 9.18 Å². The molecule has 0 N–H and O–H groups in total. The number of hydrogen-bond acceptors (Lipinski definition) is 2. The highest BCUT2D eigenvalue weighted by molar-refractivity contribution is 5.91. The number of carbonyl (C=O) groups excluding carboxylic acids is 1. The number of hydrogen-bond donors (Lipinski definition) is 0. The van der Waals surface area contributed by atoms with Gasteiger partial charge in [0.2, 0.25) is 0 Å². The molecule has 1 aromatic carbocycles. The van der Waals surface area contributed by atoms with E-state index in [2.05, 4.69) is 0 Å². The molecule has 2 aromatic rings. The summed E-state index contributed by atoms with van der Waals surface area (Å²) < 4.78 is 18.9. The maximum atomic E-state index is 13.5. The van der Waals surface area contributed by atoms with Crippen LogP contribution in [0.15, 0.2) is 46.9 Å². The molecule has 0 aliphatic rings. The predicted molar refractivity (Wildman–Crippen MR) is 63.8 cm³/mol. The lowest BCUT2D eigenvalue weighted by Crippen LogP contribution is -1.80. The number of halogens is 1. The fourth-order valence-electron chi connectivity index (χ4n) is 1.45. The molecule has 0 aliphatic heterocycles. The number of allylic oxidation sites excluding steroid dienone is 1. The zero-order chi connectivity index (χ0) is 12.3. The van der Waals surface area contributed by atoms with Gasteiger partial charge >= 0.3 is 0 Å². The second kappa shape index (κ2) is 4.78. The van der Waals surface area contributed by atoms with Gasteiger partial charge in [0, 0.05) is 0 Å². The molecule has 17 heavy (non-hydrogen) atoms. The van der Waals surface area contributed by atoms with Gasteiger partial charge < -0.3 is 4.42 Å². The lowest BCUT2D eigenvalue weighted by atomic mass is 10.1. The molecule has 0 amide bonds. The van der Waals surface area contributed by atoms with Crippen LogP contribution in [0.5, 0.6) is 0 Å². The van der Waals surface area contributed by atoms with E-state index in [1.165, 1.54) is 19.1 Å². The van der Waals surface area contributed by atoms with Crippen molar-refractivity contribution in [3.05, 3.63) is 54.1 Å². The molecule has 0 radical (unpaired) electrons. The maximum absolute atomic E-state index is 13.5. The van der Waals surface area contributed by atoms with Gasteiger partial charge in [0.05, 0.1) is 5.56 Å². The lowest BCUT2D eigenvalue weighted by Gasteiger charge is -1.97. The van der Waals surface area contributed by atoms with Crippen molar-refractivity contribution in [1.82, 2.24) is 0 Å². The average Bonchev–Trinajstić information content (AvgIpc) is 2.75. The quantitative estimate of drug-likeness (QED) is 0.753. The van der Waals surface area contributed by atoms with Gasteiger partial charge in [0.1, 0.15) is 17.3 Å². The minimum absolute atomic E-state index is 0.0613. The van der Waals surface area contributed by atoms with E-state index in [4.69, 9.17) is 4.42 Å². The van der Waals surface area contributed by atoms with Crippen molar-refractivity contribution in [2.75, 3.05) is 0 Å². The summed E-state index contributed by atoms with van der Waals surface area (Å²) in [5, 5.41) is 0. The Labute approximate surface area is 98.4 Å². The van der Waals surface area contributed by atoms with Crippen molar-refractivity contribution >= 4 is 11.9 Å². The Morgan fingerprint density at radius 1 is 1.24 bits per heavy atom. The van der Waals surface area contributed by atoms with Crippen LogP contribution < -0.4 is 0 Å². The molecule has 1 aromatic heterocycles. The molecule has 86 valence electrons. The summed E-state index contributed by atoms with van der Waals surface area (Å²) in [7, 11) is 0. The number of benzene rings is 1. The van der Waals surface area contributed by atoms with Crippen LogP contribution in [0.1, 0.15) is 12.7 Å². The molecule has 0 unspecified atom stereocenters. The van der Waals surface area contributed by atoms with E-state index in [0.717, 1.165) is 0 Å². The summed E-state index contributed by atoms with van der Waals surface area (Å²) in [6, 6.07) is 9.76. The van der Waals surface area contributed by atoms with Crippen LogP contribution in [-0.4, -0.2) is 5.78 Å². The Hall–Kier alpha value is -2.16. The standard InChI is InChI=1S/C14H11FO2/c1-10(16)6-7-11-8-9-14(17-11)12-4-2-3-5-13(12)15/h2-9H,1H3. The molecule has 0 saturated carbocycles. The fraction of sp³-hybridized carbons (Fsp3) is 0.0714. The summed E-state index contributed by atoms with van der Waals surface area (Å²) in [5.74, 6) is 0.586. The van der Waals surface area contributed by atoms with Gasteiger partial charge in [-0.25, -0.2) is 4.39 Å². The Balaban J connectivity index is 2.30. The van der Waals surface area contributed by atoms with Crippen LogP contribution in [-0.2, 0) is 4.79 Å². The van der Waals surface area contributed by atoms with Crippen LogP contribution in [0.2, 0.25) is 0 Å². The second-order valence-electron chi connectivity index (χ2n) is 3.63. The van der Waals surface area contributed by atoms with Crippen LogP contribution in [0, 0.1) is 5.82 Å². The average molecular weight is 230 g/mol. The summed E-state index contributed by atoms with van der Waals surface area (Å²) in [5.41, 5.74) is 0.412. The Morgan fingerprint density at radius 3 is 2.71 bits per heavy atom. The zero-order valence-corrected chi connectivity index (χ0v) is 9.31. The van der Waals surface area contributed by atoms with Crippen LogP contribution in [0.25, 0.3) is 17.4 Å². The molecule has 0 saturated heterocycles. The third kappa shape index (κ3) is 2.69. The van der Waals surface area contributed by atoms with Gasteiger partial charge in [-0.1, -0.05) is 12.1 Å². The monoisotopic (exact) mass is 230 g/mol. The van der Waals surface area contributed by atoms with E-state index in [1.807, 2.05) is 0 Å². The van der Waals surface area contributed by atoms with E-state index in [-0.39, 0.29) is 11.6 Å². The third-order valence-corrected chi connectivity index (χ3v) is 2.25. The largest absolute Gasteiger partial charge is 0.457 e. The van der Waals surface area contributed by atoms with E-state index in [0.29, 0.717) is 17.1 Å². The minimum atomic E-state index is -0.330. The molecule has 3 heteroatoms. The topological polar surface area (TPSA) is 30.2 Å². The number of furan rings is 1. The van der Waals surface area contributed by atoms with Crippen molar-refractivity contribution in [3.63, 3.8) is 0 Å². The Morgan fingerprint density at radius 2 is 2.00 bits per heavy atom. The van der Waals surface area contributed by atoms with Crippen molar-refractivity contribution in [2.45, 2.75) is 6.92 Å². The number of carbonyl (C=O) groups is 1. The van der Waals surface area contributed by atoms with E-state index < -0.39 is 0 Å². The number of rotatable bonds is 3. The van der Waals surface area contributed by atoms with Crippen LogP contribution >= 0.6 is 0 Å². The third-order valence-electron chi connectivity index (χ3n) is 2.25. The van der Waals surface area contributed by atoms with Crippen LogP contribution in [0.3, 0.4) is 0 Å². The van der Waals surface area contributed by atoms with E-state index in [1.54, 1.807) is 36.4 Å². The molecule has 0 spiro atoms. The van der Waals surface area contributed by atoms with Gasteiger partial charge in [-0.05, 0) is 43.3 Å². The van der Waals surface area contributed by atoms with Crippen molar-refractivity contribution in [3.8, 4) is 11.3 Å². The molecule has 0 aliphatic carbocycles. The van der Waals surface area contributed by atoms with Gasteiger partial charge in [-0.15, -0.1) is 0 Å². The summed E-state index contributed by atoms with van der Waals surface area (Å²) >= 11 is 0. The first kappa shape index (κ1) is 11.3. The Kier molecular flexibility index (Phi) is 3.19.